The number of nitrogens with zero attached hydrogens (tertiary/aromatic N) is 2. The standard InChI is InChI=1S/C30H30FN5O4S/c31-24-6-5-20-16-23(24)29(39)33-10-2-13-36(30(40)26-17-25(34-35-26)21-9-14-41-18-21)12-1-3-28(38)32-11-8-19-4-7-27(37)22(20)15-19/h4-7,9,14-18,37H,1-3,8,10-13H2,(H,32,38)(H,33,39)(H,34,35). The highest BCUT2D eigenvalue weighted by Crippen LogP contribution is 2.31. The maximum atomic E-state index is 14.6. The molecule has 1 aliphatic heterocycles. The Hall–Kier alpha value is -4.51. The highest BCUT2D eigenvalue weighted by Gasteiger charge is 2.20. The number of carbonyl (C=O) groups excluding carboxylic acids is 3. The number of hydrogen-bond donors (Lipinski definition) is 4. The first-order chi connectivity index (χ1) is 19.9. The number of hydrogen-bond acceptors (Lipinski definition) is 6. The summed E-state index contributed by atoms with van der Waals surface area (Å²) in [6, 6.07) is 12.8. The quantitative estimate of drug-likeness (QED) is 0.282. The Morgan fingerprint density at radius 1 is 0.927 bits per heavy atom. The van der Waals surface area contributed by atoms with Gasteiger partial charge in [0, 0.05) is 49.1 Å². The van der Waals surface area contributed by atoms with E-state index in [-0.39, 0.29) is 36.1 Å². The molecule has 0 aliphatic carbocycles. The van der Waals surface area contributed by atoms with E-state index >= 15 is 0 Å². The van der Waals surface area contributed by atoms with Gasteiger partial charge in [-0.25, -0.2) is 4.39 Å². The molecule has 5 rings (SSSR count). The molecule has 0 radical (unpaired) electrons. The largest absolute Gasteiger partial charge is 0.507 e. The van der Waals surface area contributed by atoms with Crippen molar-refractivity contribution < 1.29 is 23.9 Å². The number of aromatic hydroxyl groups is 1. The summed E-state index contributed by atoms with van der Waals surface area (Å²) in [5, 5.41) is 27.1. The number of thiophene rings is 1. The molecule has 212 valence electrons. The SMILES string of the molecule is O=C1CCCN(C(=O)c2cc(-c3ccsc3)n[nH]2)CCCNC(=O)c2cc(ccc2F)-c2cc(ccc2O)CCN1. The van der Waals surface area contributed by atoms with E-state index in [1.54, 1.807) is 29.2 Å². The fourth-order valence-electron chi connectivity index (χ4n) is 4.74. The number of amides is 3. The summed E-state index contributed by atoms with van der Waals surface area (Å²) in [7, 11) is 0. The van der Waals surface area contributed by atoms with Gasteiger partial charge in [0.2, 0.25) is 5.91 Å². The molecule has 9 nitrogen and oxygen atoms in total. The molecular weight excluding hydrogens is 545 g/mol. The van der Waals surface area contributed by atoms with Crippen LogP contribution in [0.5, 0.6) is 5.75 Å². The maximum Gasteiger partial charge on any atom is 0.271 e. The van der Waals surface area contributed by atoms with Gasteiger partial charge in [0.05, 0.1) is 11.3 Å². The van der Waals surface area contributed by atoms with E-state index in [4.69, 9.17) is 0 Å². The number of nitrogens with one attached hydrogen (secondary N) is 3. The van der Waals surface area contributed by atoms with E-state index in [1.165, 1.54) is 29.5 Å². The highest BCUT2D eigenvalue weighted by molar-refractivity contribution is 7.08. The molecule has 0 saturated carbocycles. The van der Waals surface area contributed by atoms with Crippen molar-refractivity contribution in [2.75, 3.05) is 26.2 Å². The van der Waals surface area contributed by atoms with Gasteiger partial charge in [-0.05, 0) is 72.2 Å². The number of H-pyrrole nitrogens is 1. The summed E-state index contributed by atoms with van der Waals surface area (Å²) in [5.74, 6) is -1.63. The minimum absolute atomic E-state index is 0.00566. The summed E-state index contributed by atoms with van der Waals surface area (Å²) < 4.78 is 14.6. The Morgan fingerprint density at radius 3 is 2.61 bits per heavy atom. The molecule has 2 aromatic heterocycles. The number of phenolic OH excluding ortho intramolecular Hbond substituents is 1. The Labute approximate surface area is 240 Å². The second kappa shape index (κ2) is 12.8. The number of fused-ring (bicyclic) bond motifs is 5. The number of benzene rings is 2. The average molecular weight is 576 g/mol. The maximum absolute atomic E-state index is 14.6. The number of aromatic nitrogens is 2. The van der Waals surface area contributed by atoms with Crippen molar-refractivity contribution in [3.05, 3.63) is 81.9 Å². The second-order valence-corrected chi connectivity index (χ2v) is 10.6. The van der Waals surface area contributed by atoms with Crippen LogP contribution in [-0.2, 0) is 11.2 Å². The van der Waals surface area contributed by atoms with Crippen LogP contribution in [0.25, 0.3) is 22.4 Å². The minimum atomic E-state index is -0.673. The van der Waals surface area contributed by atoms with Gasteiger partial charge in [0.15, 0.2) is 0 Å². The van der Waals surface area contributed by atoms with Gasteiger partial charge in [0.1, 0.15) is 17.3 Å². The monoisotopic (exact) mass is 575 g/mol. The van der Waals surface area contributed by atoms with Crippen molar-refractivity contribution >= 4 is 29.1 Å². The van der Waals surface area contributed by atoms with Gasteiger partial charge in [0.25, 0.3) is 11.8 Å². The summed E-state index contributed by atoms with van der Waals surface area (Å²) >= 11 is 1.54. The van der Waals surface area contributed by atoms with E-state index < -0.39 is 11.7 Å². The van der Waals surface area contributed by atoms with E-state index in [9.17, 15) is 23.9 Å². The molecule has 0 atom stereocenters. The molecule has 4 aromatic rings. The molecule has 2 aromatic carbocycles. The lowest BCUT2D eigenvalue weighted by molar-refractivity contribution is -0.121. The Morgan fingerprint density at radius 2 is 1.78 bits per heavy atom. The van der Waals surface area contributed by atoms with Crippen LogP contribution in [0.2, 0.25) is 0 Å². The lowest BCUT2D eigenvalue weighted by Gasteiger charge is -2.22. The van der Waals surface area contributed by atoms with Gasteiger partial charge in [-0.3, -0.25) is 19.5 Å². The molecule has 0 unspecified atom stereocenters. The molecule has 3 heterocycles. The summed E-state index contributed by atoms with van der Waals surface area (Å²) in [6.07, 6.45) is 1.63. The van der Waals surface area contributed by atoms with Crippen LogP contribution in [-0.4, -0.2) is 64.1 Å². The van der Waals surface area contributed by atoms with Crippen LogP contribution in [0.4, 0.5) is 4.39 Å². The third-order valence-electron chi connectivity index (χ3n) is 6.95. The average Bonchev–Trinajstić information content (AvgIpc) is 3.67. The lowest BCUT2D eigenvalue weighted by atomic mass is 9.98. The molecule has 11 heteroatoms. The summed E-state index contributed by atoms with van der Waals surface area (Å²) in [5.41, 5.74) is 3.61. The molecule has 4 N–H and O–H groups in total. The molecular formula is C30H30FN5O4S. The lowest BCUT2D eigenvalue weighted by Crippen LogP contribution is -2.36. The summed E-state index contributed by atoms with van der Waals surface area (Å²) in [6.45, 7) is 1.25. The number of phenols is 1. The topological polar surface area (TPSA) is 127 Å². The van der Waals surface area contributed by atoms with E-state index in [2.05, 4.69) is 20.8 Å². The van der Waals surface area contributed by atoms with Crippen LogP contribution in [0.3, 0.4) is 0 Å². The van der Waals surface area contributed by atoms with Crippen molar-refractivity contribution in [1.82, 2.24) is 25.7 Å². The van der Waals surface area contributed by atoms with Crippen LogP contribution in [0, 0.1) is 5.82 Å². The molecule has 4 bridgehead atoms. The van der Waals surface area contributed by atoms with Crippen LogP contribution in [0.1, 0.15) is 45.7 Å². The van der Waals surface area contributed by atoms with Crippen molar-refractivity contribution in [3.8, 4) is 28.1 Å². The Kier molecular flexibility index (Phi) is 8.73. The van der Waals surface area contributed by atoms with E-state index in [1.807, 2.05) is 16.8 Å². The van der Waals surface area contributed by atoms with Crippen molar-refractivity contribution in [1.29, 1.82) is 0 Å². The van der Waals surface area contributed by atoms with Gasteiger partial charge in [-0.1, -0.05) is 12.1 Å². The first kappa shape index (κ1) is 28.0. The highest BCUT2D eigenvalue weighted by atomic mass is 32.1. The van der Waals surface area contributed by atoms with E-state index in [0.29, 0.717) is 61.4 Å². The van der Waals surface area contributed by atoms with Crippen molar-refractivity contribution in [3.63, 3.8) is 0 Å². The minimum Gasteiger partial charge on any atom is -0.507 e. The molecule has 3 amide bonds. The zero-order valence-corrected chi connectivity index (χ0v) is 23.1. The first-order valence-corrected chi connectivity index (χ1v) is 14.4. The third kappa shape index (κ3) is 6.80. The van der Waals surface area contributed by atoms with E-state index in [0.717, 1.165) is 11.1 Å². The predicted molar refractivity (Wildman–Crippen MR) is 154 cm³/mol. The van der Waals surface area contributed by atoms with Crippen molar-refractivity contribution in [2.45, 2.75) is 25.7 Å². The number of carbonyl (C=O) groups is 3. The van der Waals surface area contributed by atoms with Gasteiger partial charge >= 0.3 is 0 Å². The molecule has 41 heavy (non-hydrogen) atoms. The number of aromatic amines is 1. The normalized spacial score (nSPS) is 15.3. The first-order valence-electron chi connectivity index (χ1n) is 13.4. The second-order valence-electron chi connectivity index (χ2n) is 9.83. The zero-order chi connectivity index (χ0) is 28.8. The van der Waals surface area contributed by atoms with Crippen LogP contribution >= 0.6 is 11.3 Å². The zero-order valence-electron chi connectivity index (χ0n) is 22.3. The molecule has 0 spiro atoms. The van der Waals surface area contributed by atoms with Gasteiger partial charge in [-0.2, -0.15) is 16.4 Å². The fourth-order valence-corrected chi connectivity index (χ4v) is 5.39. The van der Waals surface area contributed by atoms with Gasteiger partial charge < -0.3 is 20.6 Å². The fraction of sp³-hybridized carbons (Fsp3) is 0.267. The molecule has 1 aliphatic rings. The number of halogens is 1. The van der Waals surface area contributed by atoms with Crippen LogP contribution in [0.15, 0.2) is 59.3 Å². The predicted octanol–water partition coefficient (Wildman–Crippen LogP) is 4.36. The van der Waals surface area contributed by atoms with Gasteiger partial charge in [-0.15, -0.1) is 0 Å². The number of rotatable bonds is 2. The van der Waals surface area contributed by atoms with Crippen LogP contribution < -0.4 is 10.6 Å². The third-order valence-corrected chi connectivity index (χ3v) is 7.64. The van der Waals surface area contributed by atoms with Crippen molar-refractivity contribution in [2.24, 2.45) is 0 Å². The smallest absolute Gasteiger partial charge is 0.271 e. The Balaban J connectivity index is 1.34. The molecule has 0 fully saturated rings. The molecule has 0 saturated heterocycles. The summed E-state index contributed by atoms with van der Waals surface area (Å²) in [4.78, 5) is 40.4. The Bertz CT molecular complexity index is 1550.